The first-order valence-corrected chi connectivity index (χ1v) is 4.83. The molecule has 0 heterocycles. The number of nitro benzene ring substituents is 1. The SMILES string of the molecule is O=[N+]([O-])c1ccc(NCC(F)(F)F)c(Br)c1. The van der Waals surface area contributed by atoms with Gasteiger partial charge in [-0.05, 0) is 22.0 Å². The summed E-state index contributed by atoms with van der Waals surface area (Å²) >= 11 is 2.95. The number of hydrogen-bond acceptors (Lipinski definition) is 3. The maximum Gasteiger partial charge on any atom is 0.405 e. The molecule has 0 saturated carbocycles. The summed E-state index contributed by atoms with van der Waals surface area (Å²) in [5.41, 5.74) is -0.0349. The Hall–Kier alpha value is -1.31. The predicted octanol–water partition coefficient (Wildman–Crippen LogP) is 3.33. The third-order valence-electron chi connectivity index (χ3n) is 1.64. The van der Waals surface area contributed by atoms with Crippen LogP contribution in [0.4, 0.5) is 24.5 Å². The summed E-state index contributed by atoms with van der Waals surface area (Å²) in [4.78, 5) is 9.74. The molecular formula is C8H6BrF3N2O2. The number of nitrogens with zero attached hydrogens (tertiary/aromatic N) is 1. The van der Waals surface area contributed by atoms with Crippen LogP contribution in [0, 0.1) is 10.1 Å². The minimum atomic E-state index is -4.33. The highest BCUT2D eigenvalue weighted by Crippen LogP contribution is 2.28. The van der Waals surface area contributed by atoms with E-state index >= 15 is 0 Å². The number of hydrogen-bond donors (Lipinski definition) is 1. The molecular weight excluding hydrogens is 293 g/mol. The molecule has 0 spiro atoms. The van der Waals surface area contributed by atoms with Crippen molar-refractivity contribution in [3.8, 4) is 0 Å². The van der Waals surface area contributed by atoms with Gasteiger partial charge in [0.2, 0.25) is 0 Å². The third kappa shape index (κ3) is 3.69. The second-order valence-corrected chi connectivity index (χ2v) is 3.74. The zero-order valence-corrected chi connectivity index (χ0v) is 9.30. The molecule has 4 nitrogen and oxygen atoms in total. The fourth-order valence-corrected chi connectivity index (χ4v) is 1.46. The monoisotopic (exact) mass is 298 g/mol. The minimum absolute atomic E-state index is 0.155. The Balaban J connectivity index is 2.80. The number of nitro groups is 1. The van der Waals surface area contributed by atoms with Gasteiger partial charge in [0.05, 0.1) is 4.92 Å². The molecule has 1 rings (SSSR count). The van der Waals surface area contributed by atoms with E-state index in [1.807, 2.05) is 0 Å². The molecule has 1 aromatic carbocycles. The van der Waals surface area contributed by atoms with E-state index in [0.717, 1.165) is 12.1 Å². The Morgan fingerprint density at radius 3 is 2.50 bits per heavy atom. The number of anilines is 1. The van der Waals surface area contributed by atoms with Crippen molar-refractivity contribution in [1.82, 2.24) is 0 Å². The van der Waals surface area contributed by atoms with Crippen LogP contribution in [0.25, 0.3) is 0 Å². The standard InChI is InChI=1S/C8H6BrF3N2O2/c9-6-3-5(14(15)16)1-2-7(6)13-4-8(10,11)12/h1-3,13H,4H2. The summed E-state index contributed by atoms with van der Waals surface area (Å²) in [6.07, 6.45) is -4.33. The largest absolute Gasteiger partial charge is 0.405 e. The van der Waals surface area contributed by atoms with Crippen LogP contribution >= 0.6 is 15.9 Å². The van der Waals surface area contributed by atoms with E-state index in [4.69, 9.17) is 0 Å². The highest BCUT2D eigenvalue weighted by molar-refractivity contribution is 9.10. The Kier molecular flexibility index (Phi) is 3.74. The van der Waals surface area contributed by atoms with E-state index in [-0.39, 0.29) is 15.8 Å². The van der Waals surface area contributed by atoms with E-state index in [1.165, 1.54) is 6.07 Å². The van der Waals surface area contributed by atoms with Crippen molar-refractivity contribution in [2.45, 2.75) is 6.18 Å². The average molecular weight is 299 g/mol. The van der Waals surface area contributed by atoms with Crippen LogP contribution < -0.4 is 5.32 Å². The van der Waals surface area contributed by atoms with Crippen molar-refractivity contribution in [3.05, 3.63) is 32.8 Å². The van der Waals surface area contributed by atoms with Gasteiger partial charge in [0.15, 0.2) is 0 Å². The number of rotatable bonds is 3. The molecule has 16 heavy (non-hydrogen) atoms. The van der Waals surface area contributed by atoms with Crippen molar-refractivity contribution < 1.29 is 18.1 Å². The van der Waals surface area contributed by atoms with Gasteiger partial charge in [-0.25, -0.2) is 0 Å². The quantitative estimate of drug-likeness (QED) is 0.688. The van der Waals surface area contributed by atoms with E-state index in [9.17, 15) is 23.3 Å². The number of halogens is 4. The lowest BCUT2D eigenvalue weighted by atomic mass is 10.3. The molecule has 0 aliphatic carbocycles. The average Bonchev–Trinajstić information content (AvgIpc) is 2.14. The Morgan fingerprint density at radius 2 is 2.06 bits per heavy atom. The van der Waals surface area contributed by atoms with Crippen LogP contribution in [-0.2, 0) is 0 Å². The van der Waals surface area contributed by atoms with E-state index in [2.05, 4.69) is 21.2 Å². The molecule has 1 aromatic rings. The zero-order chi connectivity index (χ0) is 12.3. The molecule has 0 atom stereocenters. The zero-order valence-electron chi connectivity index (χ0n) is 7.71. The maximum atomic E-state index is 11.9. The first kappa shape index (κ1) is 12.8. The van der Waals surface area contributed by atoms with Gasteiger partial charge >= 0.3 is 6.18 Å². The van der Waals surface area contributed by atoms with Crippen LogP contribution in [0.15, 0.2) is 22.7 Å². The molecule has 0 saturated heterocycles. The maximum absolute atomic E-state index is 11.9. The van der Waals surface area contributed by atoms with Gasteiger partial charge in [-0.1, -0.05) is 0 Å². The van der Waals surface area contributed by atoms with Gasteiger partial charge < -0.3 is 5.32 Å². The molecule has 0 radical (unpaired) electrons. The van der Waals surface area contributed by atoms with Gasteiger partial charge in [0, 0.05) is 22.3 Å². The summed E-state index contributed by atoms with van der Waals surface area (Å²) in [5.74, 6) is 0. The Labute approximate surface area is 96.7 Å². The lowest BCUT2D eigenvalue weighted by Crippen LogP contribution is -2.21. The van der Waals surface area contributed by atoms with Crippen molar-refractivity contribution in [2.75, 3.05) is 11.9 Å². The first-order chi connectivity index (χ1) is 7.29. The van der Waals surface area contributed by atoms with Crippen molar-refractivity contribution >= 4 is 27.3 Å². The molecule has 1 N–H and O–H groups in total. The van der Waals surface area contributed by atoms with E-state index in [0.29, 0.717) is 0 Å². The van der Waals surface area contributed by atoms with Crippen molar-refractivity contribution in [1.29, 1.82) is 0 Å². The van der Waals surface area contributed by atoms with Gasteiger partial charge in [-0.3, -0.25) is 10.1 Å². The molecule has 0 unspecified atom stereocenters. The van der Waals surface area contributed by atoms with E-state index in [1.54, 1.807) is 0 Å². The fourth-order valence-electron chi connectivity index (χ4n) is 0.956. The number of benzene rings is 1. The summed E-state index contributed by atoms with van der Waals surface area (Å²) in [7, 11) is 0. The molecule has 8 heteroatoms. The van der Waals surface area contributed by atoms with Gasteiger partial charge in [-0.15, -0.1) is 0 Å². The van der Waals surface area contributed by atoms with Crippen LogP contribution in [0.3, 0.4) is 0 Å². The van der Waals surface area contributed by atoms with Gasteiger partial charge in [0.25, 0.3) is 5.69 Å². The highest BCUT2D eigenvalue weighted by atomic mass is 79.9. The van der Waals surface area contributed by atoms with Crippen LogP contribution in [-0.4, -0.2) is 17.6 Å². The van der Waals surface area contributed by atoms with Crippen LogP contribution in [0.5, 0.6) is 0 Å². The number of non-ortho nitro benzene ring substituents is 1. The summed E-state index contributed by atoms with van der Waals surface area (Å²) in [5, 5.41) is 12.5. The van der Waals surface area contributed by atoms with Crippen LogP contribution in [0.2, 0.25) is 0 Å². The molecule has 0 amide bonds. The summed E-state index contributed by atoms with van der Waals surface area (Å²) in [6, 6.07) is 3.48. The minimum Gasteiger partial charge on any atom is -0.376 e. The van der Waals surface area contributed by atoms with Gasteiger partial charge in [0.1, 0.15) is 6.54 Å². The second kappa shape index (κ2) is 4.69. The molecule has 0 aromatic heterocycles. The highest BCUT2D eigenvalue weighted by Gasteiger charge is 2.27. The van der Waals surface area contributed by atoms with E-state index < -0.39 is 17.6 Å². The molecule has 0 fully saturated rings. The molecule has 0 aliphatic rings. The van der Waals surface area contributed by atoms with Crippen molar-refractivity contribution in [2.24, 2.45) is 0 Å². The molecule has 0 bridgehead atoms. The summed E-state index contributed by atoms with van der Waals surface area (Å²) in [6.45, 7) is -1.19. The predicted molar refractivity (Wildman–Crippen MR) is 55.3 cm³/mol. The number of nitrogens with one attached hydrogen (secondary N) is 1. The fraction of sp³-hybridized carbons (Fsp3) is 0.250. The smallest absolute Gasteiger partial charge is 0.376 e. The topological polar surface area (TPSA) is 55.2 Å². The lowest BCUT2D eigenvalue weighted by Gasteiger charge is -2.10. The van der Waals surface area contributed by atoms with Crippen molar-refractivity contribution in [3.63, 3.8) is 0 Å². The first-order valence-electron chi connectivity index (χ1n) is 4.04. The lowest BCUT2D eigenvalue weighted by molar-refractivity contribution is -0.384. The van der Waals surface area contributed by atoms with Gasteiger partial charge in [-0.2, -0.15) is 13.2 Å². The summed E-state index contributed by atoms with van der Waals surface area (Å²) < 4.78 is 35.9. The number of alkyl halides is 3. The second-order valence-electron chi connectivity index (χ2n) is 2.89. The van der Waals surface area contributed by atoms with Crippen LogP contribution in [0.1, 0.15) is 0 Å². The molecule has 88 valence electrons. The molecule has 0 aliphatic heterocycles. The Morgan fingerprint density at radius 1 is 1.44 bits per heavy atom. The third-order valence-corrected chi connectivity index (χ3v) is 2.30. The Bertz CT molecular complexity index is 409. The normalized spacial score (nSPS) is 11.2.